The smallest absolute Gasteiger partial charge is 0.242 e. The lowest BCUT2D eigenvalue weighted by atomic mass is 10.2. The molecular formula is C23H21N3O3S2. The van der Waals surface area contributed by atoms with E-state index in [1.165, 1.54) is 29.7 Å². The fourth-order valence-electron chi connectivity index (χ4n) is 2.83. The van der Waals surface area contributed by atoms with E-state index in [0.717, 1.165) is 33.6 Å². The lowest BCUT2D eigenvalue weighted by molar-refractivity contribution is 0.483. The van der Waals surface area contributed by atoms with Crippen molar-refractivity contribution in [3.63, 3.8) is 0 Å². The van der Waals surface area contributed by atoms with Crippen LogP contribution < -0.4 is 10.1 Å². The van der Waals surface area contributed by atoms with Crippen LogP contribution in [0.5, 0.6) is 11.5 Å². The molecular weight excluding hydrogens is 430 g/mol. The number of rotatable bonds is 7. The quantitative estimate of drug-likeness (QED) is 0.396. The minimum Gasteiger partial charge on any atom is -0.457 e. The van der Waals surface area contributed by atoms with Crippen LogP contribution in [0.1, 0.15) is 0 Å². The van der Waals surface area contributed by atoms with Crippen LogP contribution in [0.25, 0.3) is 11.3 Å². The van der Waals surface area contributed by atoms with E-state index < -0.39 is 10.0 Å². The molecule has 0 saturated heterocycles. The van der Waals surface area contributed by atoms with Gasteiger partial charge in [-0.3, -0.25) is 0 Å². The van der Waals surface area contributed by atoms with Gasteiger partial charge in [0.2, 0.25) is 10.0 Å². The molecule has 1 heterocycles. The number of thiazole rings is 1. The highest BCUT2D eigenvalue weighted by Gasteiger charge is 2.17. The number of hydrogen-bond acceptors (Lipinski definition) is 6. The van der Waals surface area contributed by atoms with E-state index >= 15 is 0 Å². The van der Waals surface area contributed by atoms with Crippen molar-refractivity contribution in [1.29, 1.82) is 0 Å². The van der Waals surface area contributed by atoms with Crippen molar-refractivity contribution in [2.45, 2.75) is 4.90 Å². The molecule has 158 valence electrons. The van der Waals surface area contributed by atoms with Gasteiger partial charge in [-0.25, -0.2) is 17.7 Å². The van der Waals surface area contributed by atoms with Crippen molar-refractivity contribution in [1.82, 2.24) is 9.29 Å². The Kier molecular flexibility index (Phi) is 6.03. The van der Waals surface area contributed by atoms with Gasteiger partial charge in [0.1, 0.15) is 11.5 Å². The van der Waals surface area contributed by atoms with E-state index in [1.54, 1.807) is 24.3 Å². The van der Waals surface area contributed by atoms with Crippen LogP contribution in [0.3, 0.4) is 0 Å². The normalized spacial score (nSPS) is 11.5. The second-order valence-electron chi connectivity index (χ2n) is 6.91. The third kappa shape index (κ3) is 4.93. The first kappa shape index (κ1) is 21.0. The maximum absolute atomic E-state index is 12.2. The molecule has 0 aliphatic carbocycles. The Balaban J connectivity index is 1.43. The van der Waals surface area contributed by atoms with Crippen molar-refractivity contribution in [2.24, 2.45) is 0 Å². The summed E-state index contributed by atoms with van der Waals surface area (Å²) in [6, 6.07) is 24.0. The lowest BCUT2D eigenvalue weighted by Crippen LogP contribution is -2.22. The summed E-state index contributed by atoms with van der Waals surface area (Å²) in [5.41, 5.74) is 2.53. The Morgan fingerprint density at radius 2 is 1.52 bits per heavy atom. The maximum atomic E-state index is 12.2. The summed E-state index contributed by atoms with van der Waals surface area (Å²) in [4.78, 5) is 4.87. The van der Waals surface area contributed by atoms with E-state index in [4.69, 9.17) is 4.74 Å². The maximum Gasteiger partial charge on any atom is 0.242 e. The molecule has 0 aliphatic rings. The number of anilines is 2. The SMILES string of the molecule is CN(C)S(=O)(=O)c1ccc(-c2csc(Nc3ccc(Oc4ccccc4)cc3)n2)cc1. The Morgan fingerprint density at radius 1 is 0.871 bits per heavy atom. The zero-order valence-electron chi connectivity index (χ0n) is 17.0. The molecule has 0 amide bonds. The predicted octanol–water partition coefficient (Wildman–Crippen LogP) is 5.60. The zero-order chi connectivity index (χ0) is 21.8. The largest absolute Gasteiger partial charge is 0.457 e. The van der Waals surface area contributed by atoms with Crippen molar-refractivity contribution >= 4 is 32.2 Å². The standard InChI is InChI=1S/C23H21N3O3S2/c1-26(2)31(27,28)21-14-8-17(9-15-21)22-16-30-23(25-22)24-18-10-12-20(13-11-18)29-19-6-4-3-5-7-19/h3-16H,1-2H3,(H,24,25). The van der Waals surface area contributed by atoms with Crippen LogP contribution in [-0.2, 0) is 10.0 Å². The number of nitrogens with zero attached hydrogens (tertiary/aromatic N) is 2. The molecule has 1 N–H and O–H groups in total. The topological polar surface area (TPSA) is 71.5 Å². The highest BCUT2D eigenvalue weighted by atomic mass is 32.2. The van der Waals surface area contributed by atoms with Gasteiger partial charge in [-0.05, 0) is 48.5 Å². The van der Waals surface area contributed by atoms with Crippen molar-refractivity contribution < 1.29 is 13.2 Å². The first-order chi connectivity index (χ1) is 14.9. The van der Waals surface area contributed by atoms with Crippen molar-refractivity contribution in [3.8, 4) is 22.8 Å². The second kappa shape index (κ2) is 8.89. The van der Waals surface area contributed by atoms with E-state index in [9.17, 15) is 8.42 Å². The summed E-state index contributed by atoms with van der Waals surface area (Å²) >= 11 is 1.48. The number of sulfonamides is 1. The fraction of sp³-hybridized carbons (Fsp3) is 0.0870. The third-order valence-corrected chi connectivity index (χ3v) is 7.10. The molecule has 4 rings (SSSR count). The minimum atomic E-state index is -3.44. The van der Waals surface area contributed by atoms with Crippen LogP contribution in [0.2, 0.25) is 0 Å². The molecule has 0 fully saturated rings. The third-order valence-electron chi connectivity index (χ3n) is 4.52. The van der Waals surface area contributed by atoms with Gasteiger partial charge >= 0.3 is 0 Å². The summed E-state index contributed by atoms with van der Waals surface area (Å²) in [5, 5.41) is 5.97. The average molecular weight is 452 g/mol. The van der Waals surface area contributed by atoms with E-state index in [1.807, 2.05) is 60.0 Å². The van der Waals surface area contributed by atoms with Gasteiger partial charge in [0.05, 0.1) is 10.6 Å². The molecule has 0 spiro atoms. The molecule has 0 aliphatic heterocycles. The van der Waals surface area contributed by atoms with Crippen molar-refractivity contribution in [2.75, 3.05) is 19.4 Å². The lowest BCUT2D eigenvalue weighted by Gasteiger charge is -2.11. The highest BCUT2D eigenvalue weighted by Crippen LogP contribution is 2.29. The van der Waals surface area contributed by atoms with Crippen LogP contribution in [-0.4, -0.2) is 31.8 Å². The fourth-order valence-corrected chi connectivity index (χ4v) is 4.47. The van der Waals surface area contributed by atoms with E-state index in [0.29, 0.717) is 0 Å². The summed E-state index contributed by atoms with van der Waals surface area (Å²) in [7, 11) is -0.410. The molecule has 8 heteroatoms. The Morgan fingerprint density at radius 3 is 2.16 bits per heavy atom. The average Bonchev–Trinajstić information content (AvgIpc) is 3.24. The van der Waals surface area contributed by atoms with Crippen LogP contribution in [0.4, 0.5) is 10.8 Å². The first-order valence-corrected chi connectivity index (χ1v) is 11.8. The summed E-state index contributed by atoms with van der Waals surface area (Å²) in [6.45, 7) is 0. The molecule has 4 aromatic rings. The number of nitrogens with one attached hydrogen (secondary N) is 1. The number of benzene rings is 3. The molecule has 0 saturated carbocycles. The predicted molar refractivity (Wildman–Crippen MR) is 125 cm³/mol. The summed E-state index contributed by atoms with van der Waals surface area (Å²) in [6.07, 6.45) is 0. The molecule has 0 unspecified atom stereocenters. The van der Waals surface area contributed by atoms with Gasteiger partial charge in [-0.15, -0.1) is 11.3 Å². The molecule has 6 nitrogen and oxygen atoms in total. The highest BCUT2D eigenvalue weighted by molar-refractivity contribution is 7.89. The van der Waals surface area contributed by atoms with Gasteiger partial charge in [-0.2, -0.15) is 0 Å². The van der Waals surface area contributed by atoms with Crippen LogP contribution in [0.15, 0.2) is 89.1 Å². The van der Waals surface area contributed by atoms with Gasteiger partial charge in [0.15, 0.2) is 5.13 Å². The number of ether oxygens (including phenoxy) is 1. The molecule has 0 atom stereocenters. The van der Waals surface area contributed by atoms with Crippen molar-refractivity contribution in [3.05, 3.63) is 84.2 Å². The Hall–Kier alpha value is -3.20. The first-order valence-electron chi connectivity index (χ1n) is 9.50. The van der Waals surface area contributed by atoms with Gasteiger partial charge in [0.25, 0.3) is 0 Å². The van der Waals surface area contributed by atoms with E-state index in [-0.39, 0.29) is 4.90 Å². The van der Waals surface area contributed by atoms with Gasteiger partial charge < -0.3 is 10.1 Å². The van der Waals surface area contributed by atoms with Crippen LogP contribution >= 0.6 is 11.3 Å². The minimum absolute atomic E-state index is 0.257. The zero-order valence-corrected chi connectivity index (χ0v) is 18.7. The molecule has 1 aromatic heterocycles. The number of para-hydroxylation sites is 1. The summed E-state index contributed by atoms with van der Waals surface area (Å²) < 4.78 is 31.4. The number of aromatic nitrogens is 1. The molecule has 3 aromatic carbocycles. The van der Waals surface area contributed by atoms with Gasteiger partial charge in [-0.1, -0.05) is 30.3 Å². The van der Waals surface area contributed by atoms with Crippen LogP contribution in [0, 0.1) is 0 Å². The second-order valence-corrected chi connectivity index (χ2v) is 9.92. The number of hydrogen-bond donors (Lipinski definition) is 1. The Bertz CT molecular complexity index is 1250. The summed E-state index contributed by atoms with van der Waals surface area (Å²) in [5.74, 6) is 1.54. The monoisotopic (exact) mass is 451 g/mol. The molecule has 31 heavy (non-hydrogen) atoms. The molecule has 0 radical (unpaired) electrons. The Labute approximate surface area is 185 Å². The van der Waals surface area contributed by atoms with Gasteiger partial charge in [0, 0.05) is 30.7 Å². The molecule has 0 bridgehead atoms. The van der Waals surface area contributed by atoms with E-state index in [2.05, 4.69) is 10.3 Å².